The maximum atomic E-state index is 10.9. The van der Waals surface area contributed by atoms with Crippen molar-refractivity contribution in [2.24, 2.45) is 0 Å². The van der Waals surface area contributed by atoms with Gasteiger partial charge in [0, 0.05) is 11.8 Å². The highest BCUT2D eigenvalue weighted by atomic mass is 16.6. The minimum absolute atomic E-state index is 0.0240. The van der Waals surface area contributed by atoms with E-state index in [1.54, 1.807) is 12.1 Å². The number of aromatic nitrogens is 2. The van der Waals surface area contributed by atoms with E-state index in [2.05, 4.69) is 5.10 Å². The molecule has 0 atom stereocenters. The van der Waals surface area contributed by atoms with E-state index >= 15 is 0 Å². The average molecular weight is 261 g/mol. The van der Waals surface area contributed by atoms with Crippen LogP contribution in [0.3, 0.4) is 0 Å². The summed E-state index contributed by atoms with van der Waals surface area (Å²) in [4.78, 5) is 10.4. The maximum Gasteiger partial charge on any atom is 0.273 e. The van der Waals surface area contributed by atoms with Crippen LogP contribution < -0.4 is 4.74 Å². The number of rotatable bonds is 4. The lowest BCUT2D eigenvalue weighted by atomic mass is 10.2. The Morgan fingerprint density at radius 3 is 2.58 bits per heavy atom. The zero-order valence-corrected chi connectivity index (χ0v) is 11.1. The predicted molar refractivity (Wildman–Crippen MR) is 70.5 cm³/mol. The van der Waals surface area contributed by atoms with Crippen molar-refractivity contribution >= 4 is 5.69 Å². The van der Waals surface area contributed by atoms with Crippen molar-refractivity contribution in [3.05, 3.63) is 51.3 Å². The summed E-state index contributed by atoms with van der Waals surface area (Å²) < 4.78 is 6.90. The highest BCUT2D eigenvalue weighted by molar-refractivity contribution is 5.43. The molecule has 0 N–H and O–H groups in total. The third-order valence-corrected chi connectivity index (χ3v) is 2.83. The van der Waals surface area contributed by atoms with Gasteiger partial charge in [-0.1, -0.05) is 0 Å². The molecule has 1 aromatic carbocycles. The average Bonchev–Trinajstić information content (AvgIpc) is 2.67. The van der Waals surface area contributed by atoms with Gasteiger partial charge < -0.3 is 4.74 Å². The summed E-state index contributed by atoms with van der Waals surface area (Å²) in [6.07, 6.45) is 0. The first-order valence-electron chi connectivity index (χ1n) is 5.83. The van der Waals surface area contributed by atoms with Gasteiger partial charge in [0.1, 0.15) is 5.75 Å². The molecule has 0 fully saturated rings. The topological polar surface area (TPSA) is 70.2 Å². The Morgan fingerprint density at radius 2 is 2.05 bits per heavy atom. The third kappa shape index (κ3) is 2.90. The number of benzene rings is 1. The lowest BCUT2D eigenvalue weighted by Crippen LogP contribution is -2.04. The molecular weight excluding hydrogens is 246 g/mol. The summed E-state index contributed by atoms with van der Waals surface area (Å²) in [5, 5.41) is 15.2. The van der Waals surface area contributed by atoms with Crippen molar-refractivity contribution in [2.45, 2.75) is 20.4 Å². The van der Waals surface area contributed by atoms with Gasteiger partial charge in [-0.05, 0) is 31.5 Å². The van der Waals surface area contributed by atoms with Gasteiger partial charge in [-0.2, -0.15) is 5.10 Å². The fourth-order valence-corrected chi connectivity index (χ4v) is 1.97. The van der Waals surface area contributed by atoms with Gasteiger partial charge in [0.2, 0.25) is 0 Å². The van der Waals surface area contributed by atoms with Crippen LogP contribution in [-0.2, 0) is 6.54 Å². The van der Waals surface area contributed by atoms with E-state index in [4.69, 9.17) is 4.74 Å². The molecule has 19 heavy (non-hydrogen) atoms. The molecule has 0 aliphatic heterocycles. The standard InChI is InChI=1S/C13H15N3O3/c1-9-4-10(2)15(14-9)8-11-5-12(16(17)18)7-13(6-11)19-3/h4-7H,8H2,1-3H3. The second-order valence-corrected chi connectivity index (χ2v) is 4.38. The Morgan fingerprint density at radius 1 is 1.32 bits per heavy atom. The highest BCUT2D eigenvalue weighted by Gasteiger charge is 2.11. The van der Waals surface area contributed by atoms with Gasteiger partial charge in [0.05, 0.1) is 30.3 Å². The summed E-state index contributed by atoms with van der Waals surface area (Å²) in [6.45, 7) is 4.35. The number of hydrogen-bond acceptors (Lipinski definition) is 4. The van der Waals surface area contributed by atoms with Gasteiger partial charge in [0.25, 0.3) is 5.69 Å². The van der Waals surface area contributed by atoms with Gasteiger partial charge in [-0.15, -0.1) is 0 Å². The molecule has 0 radical (unpaired) electrons. The molecule has 6 nitrogen and oxygen atoms in total. The second kappa shape index (κ2) is 5.09. The first-order valence-corrected chi connectivity index (χ1v) is 5.83. The third-order valence-electron chi connectivity index (χ3n) is 2.83. The first kappa shape index (κ1) is 13.1. The SMILES string of the molecule is COc1cc(Cn2nc(C)cc2C)cc([N+](=O)[O-])c1. The van der Waals surface area contributed by atoms with Crippen LogP contribution in [0.1, 0.15) is 17.0 Å². The van der Waals surface area contributed by atoms with E-state index in [1.165, 1.54) is 13.2 Å². The van der Waals surface area contributed by atoms with E-state index in [0.717, 1.165) is 17.0 Å². The van der Waals surface area contributed by atoms with Crippen molar-refractivity contribution in [2.75, 3.05) is 7.11 Å². The predicted octanol–water partition coefficient (Wildman–Crippen LogP) is 2.47. The fourth-order valence-electron chi connectivity index (χ4n) is 1.97. The molecule has 0 spiro atoms. The highest BCUT2D eigenvalue weighted by Crippen LogP contribution is 2.23. The molecule has 1 heterocycles. The van der Waals surface area contributed by atoms with E-state index < -0.39 is 4.92 Å². The van der Waals surface area contributed by atoms with Crippen LogP contribution in [-0.4, -0.2) is 21.8 Å². The van der Waals surface area contributed by atoms with E-state index in [1.807, 2.05) is 24.6 Å². The molecule has 100 valence electrons. The lowest BCUT2D eigenvalue weighted by molar-refractivity contribution is -0.385. The molecule has 2 aromatic rings. The van der Waals surface area contributed by atoms with Crippen molar-refractivity contribution in [3.63, 3.8) is 0 Å². The Labute approximate surface area is 110 Å². The van der Waals surface area contributed by atoms with Gasteiger partial charge in [-0.3, -0.25) is 14.8 Å². The first-order chi connectivity index (χ1) is 8.99. The number of hydrogen-bond donors (Lipinski definition) is 0. The number of non-ortho nitro benzene ring substituents is 1. The molecule has 0 saturated carbocycles. The van der Waals surface area contributed by atoms with E-state index in [9.17, 15) is 10.1 Å². The van der Waals surface area contributed by atoms with Gasteiger partial charge in [-0.25, -0.2) is 0 Å². The van der Waals surface area contributed by atoms with Crippen LogP contribution in [0.25, 0.3) is 0 Å². The van der Waals surface area contributed by atoms with E-state index in [-0.39, 0.29) is 5.69 Å². The van der Waals surface area contributed by atoms with Crippen molar-refractivity contribution < 1.29 is 9.66 Å². The van der Waals surface area contributed by atoms with Crippen molar-refractivity contribution in [1.82, 2.24) is 9.78 Å². The number of nitro benzene ring substituents is 1. The Balaban J connectivity index is 2.36. The quantitative estimate of drug-likeness (QED) is 0.626. The molecule has 1 aromatic heterocycles. The summed E-state index contributed by atoms with van der Waals surface area (Å²) in [5.41, 5.74) is 2.76. The monoisotopic (exact) mass is 261 g/mol. The van der Waals surface area contributed by atoms with E-state index in [0.29, 0.717) is 12.3 Å². The van der Waals surface area contributed by atoms with Gasteiger partial charge in [0.15, 0.2) is 0 Å². The normalized spacial score (nSPS) is 10.5. The Bertz CT molecular complexity index is 620. The summed E-state index contributed by atoms with van der Waals surface area (Å²) >= 11 is 0. The number of methoxy groups -OCH3 is 1. The van der Waals surface area contributed by atoms with Crippen LogP contribution in [0.2, 0.25) is 0 Å². The zero-order chi connectivity index (χ0) is 14.0. The maximum absolute atomic E-state index is 10.9. The molecule has 0 aliphatic carbocycles. The number of aryl methyl sites for hydroxylation is 2. The molecular formula is C13H15N3O3. The summed E-state index contributed by atoms with van der Waals surface area (Å²) in [7, 11) is 1.49. The van der Waals surface area contributed by atoms with Crippen molar-refractivity contribution in [3.8, 4) is 5.75 Å². The number of nitro groups is 1. The molecule has 2 rings (SSSR count). The number of nitrogens with zero attached hydrogens (tertiary/aromatic N) is 3. The summed E-state index contributed by atoms with van der Waals surface area (Å²) in [5.74, 6) is 0.478. The van der Waals surface area contributed by atoms with Crippen LogP contribution in [0, 0.1) is 24.0 Å². The Kier molecular flexibility index (Phi) is 3.50. The van der Waals surface area contributed by atoms with Crippen LogP contribution in [0.4, 0.5) is 5.69 Å². The van der Waals surface area contributed by atoms with Crippen LogP contribution in [0.5, 0.6) is 5.75 Å². The molecule has 6 heteroatoms. The molecule has 0 aliphatic rings. The second-order valence-electron chi connectivity index (χ2n) is 4.38. The summed E-state index contributed by atoms with van der Waals surface area (Å²) in [6, 6.07) is 6.70. The van der Waals surface area contributed by atoms with Crippen molar-refractivity contribution in [1.29, 1.82) is 0 Å². The minimum Gasteiger partial charge on any atom is -0.496 e. The van der Waals surface area contributed by atoms with Crippen LogP contribution in [0.15, 0.2) is 24.3 Å². The molecule has 0 amide bonds. The van der Waals surface area contributed by atoms with Crippen LogP contribution >= 0.6 is 0 Å². The number of ether oxygens (including phenoxy) is 1. The largest absolute Gasteiger partial charge is 0.496 e. The molecule has 0 bridgehead atoms. The smallest absolute Gasteiger partial charge is 0.273 e. The fraction of sp³-hybridized carbons (Fsp3) is 0.308. The Hall–Kier alpha value is -2.37. The zero-order valence-electron chi connectivity index (χ0n) is 11.1. The van der Waals surface area contributed by atoms with Gasteiger partial charge >= 0.3 is 0 Å². The molecule has 0 saturated heterocycles. The lowest BCUT2D eigenvalue weighted by Gasteiger charge is -2.07. The molecule has 0 unspecified atom stereocenters. The minimum atomic E-state index is -0.423.